The molecule has 0 saturated carbocycles. The number of likely N-dealkylation sites (tertiary alicyclic amines) is 1. The largest absolute Gasteiger partial charge is 0.380 e. The molecule has 98 valence electrons. The third-order valence-electron chi connectivity index (χ3n) is 3.11. The molecule has 1 amide bonds. The van der Waals surface area contributed by atoms with Crippen molar-refractivity contribution in [1.82, 2.24) is 9.88 Å². The predicted octanol–water partition coefficient (Wildman–Crippen LogP) is 0.537. The van der Waals surface area contributed by atoms with Gasteiger partial charge in [0.15, 0.2) is 0 Å². The molecule has 2 rings (SSSR count). The van der Waals surface area contributed by atoms with Gasteiger partial charge in [0.2, 0.25) is 0 Å². The average molecular weight is 250 g/mol. The summed E-state index contributed by atoms with van der Waals surface area (Å²) in [5.41, 5.74) is 3.83. The van der Waals surface area contributed by atoms with Gasteiger partial charge in [-0.3, -0.25) is 4.79 Å². The van der Waals surface area contributed by atoms with Crippen LogP contribution in [0.4, 0.5) is 5.82 Å². The van der Waals surface area contributed by atoms with Crippen molar-refractivity contribution in [2.75, 3.05) is 25.6 Å². The Morgan fingerprint density at radius 3 is 3.00 bits per heavy atom. The number of nitrogens with one attached hydrogen (secondary N) is 1. The van der Waals surface area contributed by atoms with Crippen LogP contribution in [-0.2, 0) is 4.74 Å². The molecule has 1 unspecified atom stereocenters. The van der Waals surface area contributed by atoms with Crippen LogP contribution in [0.25, 0.3) is 0 Å². The number of anilines is 1. The lowest BCUT2D eigenvalue weighted by Gasteiger charge is -2.16. The second kappa shape index (κ2) is 5.32. The third kappa shape index (κ3) is 2.60. The number of hydrogen-bond donors (Lipinski definition) is 2. The first-order chi connectivity index (χ1) is 8.63. The van der Waals surface area contributed by atoms with Crippen LogP contribution in [0.1, 0.15) is 22.5 Å². The average Bonchev–Trinajstić information content (AvgIpc) is 2.85. The molecule has 0 bridgehead atoms. The van der Waals surface area contributed by atoms with Gasteiger partial charge >= 0.3 is 0 Å². The van der Waals surface area contributed by atoms with Gasteiger partial charge in [-0.25, -0.2) is 10.8 Å². The number of amides is 1. The molecular weight excluding hydrogens is 232 g/mol. The Balaban J connectivity index is 2.16. The number of aryl methyl sites for hydroxylation is 1. The molecule has 0 radical (unpaired) electrons. The first kappa shape index (κ1) is 12.8. The van der Waals surface area contributed by atoms with Crippen molar-refractivity contribution in [3.8, 4) is 0 Å². The summed E-state index contributed by atoms with van der Waals surface area (Å²) in [6.45, 7) is 3.20. The first-order valence-electron chi connectivity index (χ1n) is 5.91. The highest BCUT2D eigenvalue weighted by Crippen LogP contribution is 2.17. The van der Waals surface area contributed by atoms with E-state index in [9.17, 15) is 4.79 Å². The van der Waals surface area contributed by atoms with Crippen LogP contribution in [-0.4, -0.2) is 42.1 Å². The van der Waals surface area contributed by atoms with Gasteiger partial charge in [-0.15, -0.1) is 0 Å². The maximum absolute atomic E-state index is 12.3. The normalized spacial score (nSPS) is 19.1. The van der Waals surface area contributed by atoms with Crippen LogP contribution in [0.3, 0.4) is 0 Å². The predicted molar refractivity (Wildman–Crippen MR) is 68.1 cm³/mol. The Kier molecular flexibility index (Phi) is 3.78. The number of hydrogen-bond acceptors (Lipinski definition) is 5. The van der Waals surface area contributed by atoms with Crippen LogP contribution in [0.15, 0.2) is 12.1 Å². The molecule has 0 aromatic carbocycles. The molecule has 3 N–H and O–H groups in total. The molecule has 1 aromatic rings. The number of carbonyl (C=O) groups excluding carboxylic acids is 1. The number of rotatable bonds is 3. The van der Waals surface area contributed by atoms with Gasteiger partial charge in [-0.2, -0.15) is 0 Å². The summed E-state index contributed by atoms with van der Waals surface area (Å²) in [5.74, 6) is 5.82. The number of aromatic nitrogens is 1. The number of methoxy groups -OCH3 is 1. The fraction of sp³-hybridized carbons (Fsp3) is 0.500. The third-order valence-corrected chi connectivity index (χ3v) is 3.11. The Bertz CT molecular complexity index is 450. The van der Waals surface area contributed by atoms with E-state index in [1.165, 1.54) is 0 Å². The van der Waals surface area contributed by atoms with Crippen LogP contribution >= 0.6 is 0 Å². The zero-order valence-electron chi connectivity index (χ0n) is 10.6. The van der Waals surface area contributed by atoms with Crippen LogP contribution in [0.5, 0.6) is 0 Å². The first-order valence-corrected chi connectivity index (χ1v) is 5.91. The summed E-state index contributed by atoms with van der Waals surface area (Å²) in [5, 5.41) is 0. The van der Waals surface area contributed by atoms with Crippen LogP contribution < -0.4 is 11.3 Å². The van der Waals surface area contributed by atoms with Crippen molar-refractivity contribution >= 4 is 11.7 Å². The second-order valence-electron chi connectivity index (χ2n) is 4.42. The lowest BCUT2D eigenvalue weighted by molar-refractivity contribution is 0.0724. The fourth-order valence-corrected chi connectivity index (χ4v) is 2.15. The number of nitrogens with two attached hydrogens (primary N) is 1. The van der Waals surface area contributed by atoms with E-state index >= 15 is 0 Å². The number of hydrazine groups is 1. The van der Waals surface area contributed by atoms with Gasteiger partial charge in [0.1, 0.15) is 5.82 Å². The lowest BCUT2D eigenvalue weighted by atomic mass is 10.2. The van der Waals surface area contributed by atoms with Crippen molar-refractivity contribution in [3.05, 3.63) is 23.4 Å². The van der Waals surface area contributed by atoms with E-state index in [4.69, 9.17) is 10.6 Å². The van der Waals surface area contributed by atoms with Crippen molar-refractivity contribution in [2.24, 2.45) is 5.84 Å². The van der Waals surface area contributed by atoms with Crippen LogP contribution in [0, 0.1) is 6.92 Å². The number of ether oxygens (including phenoxy) is 1. The van der Waals surface area contributed by atoms with Crippen LogP contribution in [0.2, 0.25) is 0 Å². The Morgan fingerprint density at radius 1 is 1.61 bits per heavy atom. The SMILES string of the molecule is COC1CCN(C(=O)c2cc(C)nc(NN)c2)C1. The molecule has 1 atom stereocenters. The van der Waals surface area contributed by atoms with E-state index in [1.807, 2.05) is 6.92 Å². The monoisotopic (exact) mass is 250 g/mol. The summed E-state index contributed by atoms with van der Waals surface area (Å²) in [6.07, 6.45) is 1.03. The second-order valence-corrected chi connectivity index (χ2v) is 4.42. The highest BCUT2D eigenvalue weighted by Gasteiger charge is 2.27. The van der Waals surface area contributed by atoms with Gasteiger partial charge in [0.05, 0.1) is 6.10 Å². The van der Waals surface area contributed by atoms with E-state index in [1.54, 1.807) is 24.1 Å². The smallest absolute Gasteiger partial charge is 0.254 e. The highest BCUT2D eigenvalue weighted by atomic mass is 16.5. The van der Waals surface area contributed by atoms with Gasteiger partial charge in [-0.05, 0) is 25.5 Å². The summed E-state index contributed by atoms with van der Waals surface area (Å²) < 4.78 is 5.26. The molecule has 18 heavy (non-hydrogen) atoms. The number of nitrogen functional groups attached to an aromatic ring is 1. The molecule has 6 heteroatoms. The quantitative estimate of drug-likeness (QED) is 0.604. The lowest BCUT2D eigenvalue weighted by Crippen LogP contribution is -2.30. The van der Waals surface area contributed by atoms with Gasteiger partial charge in [0.25, 0.3) is 5.91 Å². The van der Waals surface area contributed by atoms with Gasteiger partial charge in [-0.1, -0.05) is 0 Å². The number of pyridine rings is 1. The molecule has 1 saturated heterocycles. The molecule has 0 aliphatic carbocycles. The molecule has 1 aliphatic rings. The van der Waals surface area contributed by atoms with Gasteiger partial charge in [0, 0.05) is 31.5 Å². The molecule has 1 aliphatic heterocycles. The van der Waals surface area contributed by atoms with E-state index in [0.29, 0.717) is 17.9 Å². The summed E-state index contributed by atoms with van der Waals surface area (Å²) in [4.78, 5) is 18.3. The zero-order valence-corrected chi connectivity index (χ0v) is 10.6. The van der Waals surface area contributed by atoms with Crippen molar-refractivity contribution < 1.29 is 9.53 Å². The Morgan fingerprint density at radius 2 is 2.39 bits per heavy atom. The fourth-order valence-electron chi connectivity index (χ4n) is 2.15. The standard InChI is InChI=1S/C12H18N4O2/c1-8-5-9(6-11(14-8)15-13)12(17)16-4-3-10(7-16)18-2/h5-6,10H,3-4,7,13H2,1-2H3,(H,14,15). The van der Waals surface area contributed by atoms with Gasteiger partial charge < -0.3 is 15.1 Å². The van der Waals surface area contributed by atoms with Crippen molar-refractivity contribution in [1.29, 1.82) is 0 Å². The minimum atomic E-state index is -0.00319. The Labute approximate surface area is 106 Å². The molecule has 2 heterocycles. The molecule has 0 spiro atoms. The molecular formula is C12H18N4O2. The van der Waals surface area contributed by atoms with E-state index in [-0.39, 0.29) is 12.0 Å². The maximum atomic E-state index is 12.3. The molecule has 1 fully saturated rings. The maximum Gasteiger partial charge on any atom is 0.254 e. The van der Waals surface area contributed by atoms with Crippen molar-refractivity contribution in [2.45, 2.75) is 19.4 Å². The zero-order chi connectivity index (χ0) is 13.1. The van der Waals surface area contributed by atoms with E-state index in [2.05, 4.69) is 10.4 Å². The minimum absolute atomic E-state index is 0.00319. The van der Waals surface area contributed by atoms with E-state index in [0.717, 1.165) is 18.7 Å². The topological polar surface area (TPSA) is 80.5 Å². The number of nitrogens with zero attached hydrogens (tertiary/aromatic N) is 2. The summed E-state index contributed by atoms with van der Waals surface area (Å²) in [7, 11) is 1.67. The molecule has 1 aromatic heterocycles. The Hall–Kier alpha value is -1.66. The summed E-state index contributed by atoms with van der Waals surface area (Å²) >= 11 is 0. The molecule has 6 nitrogen and oxygen atoms in total. The summed E-state index contributed by atoms with van der Waals surface area (Å²) in [6, 6.07) is 3.43. The van der Waals surface area contributed by atoms with E-state index < -0.39 is 0 Å². The van der Waals surface area contributed by atoms with Crippen molar-refractivity contribution in [3.63, 3.8) is 0 Å². The highest BCUT2D eigenvalue weighted by molar-refractivity contribution is 5.95. The minimum Gasteiger partial charge on any atom is -0.380 e. The number of carbonyl (C=O) groups is 1.